The van der Waals surface area contributed by atoms with Crippen LogP contribution >= 0.6 is 0 Å². The highest BCUT2D eigenvalue weighted by molar-refractivity contribution is 6.01. The molecule has 3 heteroatoms. The van der Waals surface area contributed by atoms with E-state index in [1.807, 2.05) is 20.9 Å². The molecule has 3 nitrogen and oxygen atoms in total. The molecule has 1 aromatic heterocycles. The molecule has 0 fully saturated rings. The van der Waals surface area contributed by atoms with Crippen LogP contribution in [0.4, 0.5) is 0 Å². The third kappa shape index (κ3) is 2.84. The largest absolute Gasteiger partial charge is 0.294 e. The molecule has 1 heterocycles. The van der Waals surface area contributed by atoms with E-state index in [9.17, 15) is 4.79 Å². The summed E-state index contributed by atoms with van der Waals surface area (Å²) in [7, 11) is 1.86. The lowest BCUT2D eigenvalue weighted by molar-refractivity contribution is 0.0938. The Balaban J connectivity index is 3.31. The molecule has 0 N–H and O–H groups in total. The first-order valence-corrected chi connectivity index (χ1v) is 6.11. The first-order valence-electron chi connectivity index (χ1n) is 6.11. The normalized spacial score (nSPS) is 11.2. The van der Waals surface area contributed by atoms with E-state index in [2.05, 4.69) is 25.5 Å². The summed E-state index contributed by atoms with van der Waals surface area (Å²) < 4.78 is 1.75. The molecule has 0 amide bonds. The quantitative estimate of drug-likeness (QED) is 0.734. The number of aryl methyl sites for hydroxylation is 1. The van der Waals surface area contributed by atoms with Crippen molar-refractivity contribution >= 4 is 11.9 Å². The summed E-state index contributed by atoms with van der Waals surface area (Å²) in [5.74, 6) is 0.633. The van der Waals surface area contributed by atoms with Crippen LogP contribution in [0.15, 0.2) is 6.58 Å². The van der Waals surface area contributed by atoms with Crippen molar-refractivity contribution < 1.29 is 4.79 Å². The molecule has 94 valence electrons. The van der Waals surface area contributed by atoms with Crippen LogP contribution in [0.2, 0.25) is 0 Å². The summed E-state index contributed by atoms with van der Waals surface area (Å²) in [5, 5.41) is 4.45. The first kappa shape index (κ1) is 13.7. The molecular formula is C14H22N2O. The van der Waals surface area contributed by atoms with Crippen molar-refractivity contribution in [2.75, 3.05) is 0 Å². The molecular weight excluding hydrogens is 212 g/mol. The fourth-order valence-corrected chi connectivity index (χ4v) is 1.92. The number of rotatable bonds is 5. The van der Waals surface area contributed by atoms with Crippen molar-refractivity contribution in [1.82, 2.24) is 9.78 Å². The van der Waals surface area contributed by atoms with Gasteiger partial charge in [0.25, 0.3) is 0 Å². The van der Waals surface area contributed by atoms with E-state index < -0.39 is 0 Å². The lowest BCUT2D eigenvalue weighted by Crippen LogP contribution is -2.12. The summed E-state index contributed by atoms with van der Waals surface area (Å²) in [6.45, 7) is 11.9. The van der Waals surface area contributed by atoms with E-state index in [4.69, 9.17) is 0 Å². The Hall–Kier alpha value is -1.38. The third-order valence-corrected chi connectivity index (χ3v) is 2.73. The van der Waals surface area contributed by atoms with Crippen LogP contribution in [0.3, 0.4) is 0 Å². The summed E-state index contributed by atoms with van der Waals surface area (Å²) in [5.41, 5.74) is 2.49. The Morgan fingerprint density at radius 3 is 2.41 bits per heavy atom. The molecule has 0 aliphatic rings. The van der Waals surface area contributed by atoms with Gasteiger partial charge in [0.15, 0.2) is 5.78 Å². The number of aromatic nitrogens is 2. The van der Waals surface area contributed by atoms with Crippen LogP contribution in [0.5, 0.6) is 0 Å². The average molecular weight is 234 g/mol. The van der Waals surface area contributed by atoms with Gasteiger partial charge in [0.2, 0.25) is 0 Å². The highest BCUT2D eigenvalue weighted by atomic mass is 16.1. The SMILES string of the molecule is C=Cc1c(C(=O)C(C)C)c(CC(C)C)nn1C. The predicted molar refractivity (Wildman–Crippen MR) is 71.0 cm³/mol. The summed E-state index contributed by atoms with van der Waals surface area (Å²) in [4.78, 5) is 12.2. The maximum Gasteiger partial charge on any atom is 0.169 e. The highest BCUT2D eigenvalue weighted by Gasteiger charge is 2.23. The van der Waals surface area contributed by atoms with Gasteiger partial charge in [0.1, 0.15) is 0 Å². The Bertz CT molecular complexity index is 428. The number of hydrogen-bond acceptors (Lipinski definition) is 2. The fraction of sp³-hybridized carbons (Fsp3) is 0.571. The molecule has 0 aromatic carbocycles. The van der Waals surface area contributed by atoms with Gasteiger partial charge in [-0.3, -0.25) is 9.48 Å². The van der Waals surface area contributed by atoms with Crippen molar-refractivity contribution in [1.29, 1.82) is 0 Å². The second kappa shape index (κ2) is 5.30. The zero-order chi connectivity index (χ0) is 13.2. The number of nitrogens with zero attached hydrogens (tertiary/aromatic N) is 2. The second-order valence-corrected chi connectivity index (χ2v) is 5.15. The Morgan fingerprint density at radius 2 is 2.00 bits per heavy atom. The number of carbonyl (C=O) groups is 1. The van der Waals surface area contributed by atoms with Gasteiger partial charge in [-0.25, -0.2) is 0 Å². The number of ketones is 1. The zero-order valence-electron chi connectivity index (χ0n) is 11.4. The molecule has 0 bridgehead atoms. The lowest BCUT2D eigenvalue weighted by atomic mass is 9.95. The second-order valence-electron chi connectivity index (χ2n) is 5.15. The van der Waals surface area contributed by atoms with Crippen molar-refractivity contribution in [2.45, 2.75) is 34.1 Å². The van der Waals surface area contributed by atoms with Gasteiger partial charge in [-0.05, 0) is 18.4 Å². The summed E-state index contributed by atoms with van der Waals surface area (Å²) >= 11 is 0. The van der Waals surface area contributed by atoms with Crippen LogP contribution in [-0.4, -0.2) is 15.6 Å². The maximum atomic E-state index is 12.2. The predicted octanol–water partition coefficient (Wildman–Crippen LogP) is 3.10. The van der Waals surface area contributed by atoms with E-state index in [1.165, 1.54) is 0 Å². The lowest BCUT2D eigenvalue weighted by Gasteiger charge is -2.07. The van der Waals surface area contributed by atoms with Gasteiger partial charge >= 0.3 is 0 Å². The van der Waals surface area contributed by atoms with Gasteiger partial charge in [-0.1, -0.05) is 34.3 Å². The first-order chi connectivity index (χ1) is 7.88. The van der Waals surface area contributed by atoms with Crippen molar-refractivity contribution in [3.8, 4) is 0 Å². The van der Waals surface area contributed by atoms with Crippen molar-refractivity contribution in [3.63, 3.8) is 0 Å². The Labute approximate surface area is 104 Å². The molecule has 0 aliphatic carbocycles. The molecule has 0 atom stereocenters. The number of hydrogen-bond donors (Lipinski definition) is 0. The monoisotopic (exact) mass is 234 g/mol. The van der Waals surface area contributed by atoms with Gasteiger partial charge in [-0.2, -0.15) is 5.10 Å². The summed E-state index contributed by atoms with van der Waals surface area (Å²) in [6.07, 6.45) is 2.54. The topological polar surface area (TPSA) is 34.9 Å². The molecule has 1 rings (SSSR count). The van der Waals surface area contributed by atoms with Crippen LogP contribution < -0.4 is 0 Å². The van der Waals surface area contributed by atoms with E-state index in [0.717, 1.165) is 23.4 Å². The number of carbonyl (C=O) groups excluding carboxylic acids is 1. The van der Waals surface area contributed by atoms with Crippen LogP contribution in [-0.2, 0) is 13.5 Å². The zero-order valence-corrected chi connectivity index (χ0v) is 11.4. The Kier molecular flexibility index (Phi) is 4.27. The minimum absolute atomic E-state index is 0.0104. The molecule has 0 spiro atoms. The van der Waals surface area contributed by atoms with Crippen LogP contribution in [0, 0.1) is 11.8 Å². The van der Waals surface area contributed by atoms with E-state index in [-0.39, 0.29) is 11.7 Å². The van der Waals surface area contributed by atoms with Crippen molar-refractivity contribution in [2.24, 2.45) is 18.9 Å². The average Bonchev–Trinajstić information content (AvgIpc) is 2.51. The van der Waals surface area contributed by atoms with Gasteiger partial charge in [0, 0.05) is 13.0 Å². The van der Waals surface area contributed by atoms with E-state index in [1.54, 1.807) is 10.8 Å². The fourth-order valence-electron chi connectivity index (χ4n) is 1.92. The van der Waals surface area contributed by atoms with E-state index >= 15 is 0 Å². The van der Waals surface area contributed by atoms with Gasteiger partial charge in [-0.15, -0.1) is 0 Å². The molecule has 0 radical (unpaired) electrons. The van der Waals surface area contributed by atoms with Crippen LogP contribution in [0.25, 0.3) is 6.08 Å². The maximum absolute atomic E-state index is 12.2. The third-order valence-electron chi connectivity index (χ3n) is 2.73. The van der Waals surface area contributed by atoms with Gasteiger partial charge < -0.3 is 0 Å². The Morgan fingerprint density at radius 1 is 1.41 bits per heavy atom. The molecule has 0 unspecified atom stereocenters. The molecule has 0 aliphatic heterocycles. The van der Waals surface area contributed by atoms with Gasteiger partial charge in [0.05, 0.1) is 17.0 Å². The highest BCUT2D eigenvalue weighted by Crippen LogP contribution is 2.21. The molecule has 0 saturated carbocycles. The van der Waals surface area contributed by atoms with E-state index in [0.29, 0.717) is 5.92 Å². The van der Waals surface area contributed by atoms with Crippen molar-refractivity contribution in [3.05, 3.63) is 23.5 Å². The smallest absolute Gasteiger partial charge is 0.169 e. The summed E-state index contributed by atoms with van der Waals surface area (Å²) in [6, 6.07) is 0. The molecule has 0 saturated heterocycles. The minimum Gasteiger partial charge on any atom is -0.294 e. The standard InChI is InChI=1S/C14H22N2O/c1-7-12-13(14(17)10(4)5)11(8-9(2)3)15-16(12)6/h7,9-10H,1,8H2,2-6H3. The number of Topliss-reactive ketones (excluding diaryl/α,β-unsaturated/α-hetero) is 1. The molecule has 1 aromatic rings. The van der Waals surface area contributed by atoms with Crippen LogP contribution in [0.1, 0.15) is 49.4 Å². The molecule has 17 heavy (non-hydrogen) atoms. The minimum atomic E-state index is -0.0104.